The molecule has 1 unspecified atom stereocenters. The van der Waals surface area contributed by atoms with Crippen molar-refractivity contribution in [3.05, 3.63) is 0 Å². The van der Waals surface area contributed by atoms with Crippen LogP contribution in [0, 0.1) is 5.92 Å². The van der Waals surface area contributed by atoms with Crippen LogP contribution in [0.4, 0.5) is 0 Å². The molecule has 0 spiro atoms. The van der Waals surface area contributed by atoms with E-state index in [2.05, 4.69) is 4.90 Å². The Balaban J connectivity index is 1.60. The molecular weight excluding hydrogens is 190 g/mol. The zero-order chi connectivity index (χ0) is 10.6. The molecule has 0 aromatic rings. The van der Waals surface area contributed by atoms with E-state index >= 15 is 0 Å². The van der Waals surface area contributed by atoms with Crippen molar-refractivity contribution < 1.29 is 4.79 Å². The summed E-state index contributed by atoms with van der Waals surface area (Å²) >= 11 is 0. The quantitative estimate of drug-likeness (QED) is 0.675. The van der Waals surface area contributed by atoms with Crippen LogP contribution in [-0.4, -0.2) is 54.0 Å². The van der Waals surface area contributed by atoms with E-state index in [1.165, 1.54) is 12.8 Å². The molecule has 3 rings (SSSR count). The third-order valence-corrected chi connectivity index (χ3v) is 4.23. The van der Waals surface area contributed by atoms with Crippen molar-refractivity contribution in [1.29, 1.82) is 0 Å². The maximum atomic E-state index is 11.8. The van der Waals surface area contributed by atoms with Gasteiger partial charge >= 0.3 is 0 Å². The predicted octanol–water partition coefficient (Wildman–Crippen LogP) is -0.360. The van der Waals surface area contributed by atoms with Gasteiger partial charge in [-0.2, -0.15) is 0 Å². The Morgan fingerprint density at radius 3 is 2.47 bits per heavy atom. The molecule has 1 saturated carbocycles. The van der Waals surface area contributed by atoms with E-state index in [1.54, 1.807) is 0 Å². The van der Waals surface area contributed by atoms with Gasteiger partial charge in [0.2, 0.25) is 5.91 Å². The normalized spacial score (nSPS) is 35.7. The summed E-state index contributed by atoms with van der Waals surface area (Å²) in [6.07, 6.45) is 3.57. The van der Waals surface area contributed by atoms with Crippen molar-refractivity contribution >= 4 is 5.91 Å². The maximum Gasteiger partial charge on any atom is 0.239 e. The molecule has 1 aliphatic carbocycles. The molecule has 3 fully saturated rings. The zero-order valence-corrected chi connectivity index (χ0v) is 9.28. The molecule has 1 amide bonds. The topological polar surface area (TPSA) is 49.6 Å². The number of nitrogens with two attached hydrogens (primary N) is 1. The maximum absolute atomic E-state index is 11.8. The van der Waals surface area contributed by atoms with Gasteiger partial charge < -0.3 is 10.6 Å². The van der Waals surface area contributed by atoms with Crippen LogP contribution in [0.3, 0.4) is 0 Å². The minimum absolute atomic E-state index is 0.0431. The van der Waals surface area contributed by atoms with E-state index in [4.69, 9.17) is 5.73 Å². The number of nitrogens with zero attached hydrogens (tertiary/aromatic N) is 2. The van der Waals surface area contributed by atoms with Crippen LogP contribution in [0.15, 0.2) is 0 Å². The van der Waals surface area contributed by atoms with E-state index in [9.17, 15) is 4.79 Å². The van der Waals surface area contributed by atoms with Crippen molar-refractivity contribution in [2.45, 2.75) is 30.8 Å². The van der Waals surface area contributed by atoms with Gasteiger partial charge in [-0.1, -0.05) is 0 Å². The van der Waals surface area contributed by atoms with Gasteiger partial charge in [0.05, 0.1) is 6.04 Å². The van der Waals surface area contributed by atoms with Gasteiger partial charge in [-0.3, -0.25) is 9.69 Å². The van der Waals surface area contributed by atoms with Crippen molar-refractivity contribution in [3.63, 3.8) is 0 Å². The van der Waals surface area contributed by atoms with E-state index in [1.807, 2.05) is 11.9 Å². The van der Waals surface area contributed by atoms with E-state index in [0.29, 0.717) is 0 Å². The Morgan fingerprint density at radius 2 is 2.00 bits per heavy atom. The highest BCUT2D eigenvalue weighted by Gasteiger charge is 2.53. The second-order valence-corrected chi connectivity index (χ2v) is 5.48. The van der Waals surface area contributed by atoms with Crippen LogP contribution in [0.25, 0.3) is 0 Å². The summed E-state index contributed by atoms with van der Waals surface area (Å²) < 4.78 is 0. The third-order valence-electron chi connectivity index (χ3n) is 4.23. The molecule has 0 aromatic heterocycles. The number of rotatable bonds is 2. The third kappa shape index (κ3) is 1.39. The number of likely N-dealkylation sites (tertiary alicyclic amines) is 2. The minimum atomic E-state index is 0.0431. The first-order valence-corrected chi connectivity index (χ1v) is 5.88. The fraction of sp³-hybridized carbons (Fsp3) is 0.909. The van der Waals surface area contributed by atoms with Crippen LogP contribution in [-0.2, 0) is 4.79 Å². The summed E-state index contributed by atoms with van der Waals surface area (Å²) in [4.78, 5) is 15.9. The van der Waals surface area contributed by atoms with Crippen LogP contribution < -0.4 is 5.73 Å². The Kier molecular flexibility index (Phi) is 1.89. The van der Waals surface area contributed by atoms with Crippen LogP contribution in [0.2, 0.25) is 0 Å². The molecule has 1 atom stereocenters. The van der Waals surface area contributed by atoms with Crippen molar-refractivity contribution in [2.75, 3.05) is 26.7 Å². The molecule has 0 aromatic carbocycles. The molecule has 84 valence electrons. The molecule has 4 heteroatoms. The van der Waals surface area contributed by atoms with E-state index in [0.717, 1.165) is 32.0 Å². The van der Waals surface area contributed by atoms with Crippen LogP contribution in [0.5, 0.6) is 0 Å². The number of carbonyl (C=O) groups excluding carboxylic acids is 1. The predicted molar refractivity (Wildman–Crippen MR) is 57.3 cm³/mol. The number of hydrogen-bond acceptors (Lipinski definition) is 3. The SMILES string of the molecule is CN1CCC(N2CC(N)(C3CC3)C2)C1=O. The van der Waals surface area contributed by atoms with Crippen LogP contribution >= 0.6 is 0 Å². The van der Waals surface area contributed by atoms with Gasteiger partial charge in [-0.25, -0.2) is 0 Å². The monoisotopic (exact) mass is 209 g/mol. The van der Waals surface area contributed by atoms with Gasteiger partial charge in [-0.15, -0.1) is 0 Å². The summed E-state index contributed by atoms with van der Waals surface area (Å²) in [5, 5.41) is 0. The Hall–Kier alpha value is -0.610. The Bertz CT molecular complexity index is 294. The lowest BCUT2D eigenvalue weighted by Crippen LogP contribution is -2.71. The lowest BCUT2D eigenvalue weighted by molar-refractivity contribution is -0.134. The molecular formula is C11H19N3O. The Labute approximate surface area is 90.4 Å². The highest BCUT2D eigenvalue weighted by atomic mass is 16.2. The summed E-state index contributed by atoms with van der Waals surface area (Å²) in [7, 11) is 1.89. The van der Waals surface area contributed by atoms with Crippen molar-refractivity contribution in [2.24, 2.45) is 11.7 Å². The molecule has 2 saturated heterocycles. The molecule has 15 heavy (non-hydrogen) atoms. The highest BCUT2D eigenvalue weighted by molar-refractivity contribution is 5.83. The summed E-state index contributed by atoms with van der Waals surface area (Å²) in [5.41, 5.74) is 6.32. The van der Waals surface area contributed by atoms with E-state index in [-0.39, 0.29) is 17.5 Å². The summed E-state index contributed by atoms with van der Waals surface area (Å²) in [6, 6.07) is 0.130. The molecule has 0 radical (unpaired) electrons. The second-order valence-electron chi connectivity index (χ2n) is 5.48. The number of amides is 1. The molecule has 3 aliphatic rings. The molecule has 2 aliphatic heterocycles. The number of likely N-dealkylation sites (N-methyl/N-ethyl adjacent to an activating group) is 1. The van der Waals surface area contributed by atoms with Gasteiger partial charge in [0.15, 0.2) is 0 Å². The van der Waals surface area contributed by atoms with Gasteiger partial charge in [-0.05, 0) is 25.2 Å². The largest absolute Gasteiger partial charge is 0.344 e. The van der Waals surface area contributed by atoms with Crippen molar-refractivity contribution in [3.8, 4) is 0 Å². The first kappa shape index (κ1) is 9.60. The van der Waals surface area contributed by atoms with Crippen molar-refractivity contribution in [1.82, 2.24) is 9.80 Å². The fourth-order valence-corrected chi connectivity index (χ4v) is 2.99. The number of carbonyl (C=O) groups is 1. The van der Waals surface area contributed by atoms with Crippen LogP contribution in [0.1, 0.15) is 19.3 Å². The van der Waals surface area contributed by atoms with Gasteiger partial charge in [0.25, 0.3) is 0 Å². The molecule has 4 nitrogen and oxygen atoms in total. The van der Waals surface area contributed by atoms with Gasteiger partial charge in [0.1, 0.15) is 0 Å². The minimum Gasteiger partial charge on any atom is -0.344 e. The summed E-state index contributed by atoms with van der Waals surface area (Å²) in [5.74, 6) is 1.02. The fourth-order valence-electron chi connectivity index (χ4n) is 2.99. The first-order valence-electron chi connectivity index (χ1n) is 5.88. The first-order chi connectivity index (χ1) is 7.10. The zero-order valence-electron chi connectivity index (χ0n) is 9.28. The lowest BCUT2D eigenvalue weighted by Gasteiger charge is -2.50. The van der Waals surface area contributed by atoms with E-state index < -0.39 is 0 Å². The molecule has 2 N–H and O–H groups in total. The average Bonchev–Trinajstić information content (AvgIpc) is 2.93. The number of hydrogen-bond donors (Lipinski definition) is 1. The highest BCUT2D eigenvalue weighted by Crippen LogP contribution is 2.44. The standard InChI is InChI=1S/C11H19N3O/c1-13-5-4-9(10(13)15)14-6-11(12,7-14)8-2-3-8/h8-9H,2-7,12H2,1H3. The molecule has 0 bridgehead atoms. The summed E-state index contributed by atoms with van der Waals surface area (Å²) in [6.45, 7) is 2.77. The smallest absolute Gasteiger partial charge is 0.239 e. The molecule has 2 heterocycles. The average molecular weight is 209 g/mol. The lowest BCUT2D eigenvalue weighted by atomic mass is 9.84. The Morgan fingerprint density at radius 1 is 1.33 bits per heavy atom. The van der Waals surface area contributed by atoms with Gasteiger partial charge in [0, 0.05) is 32.2 Å². The second kappa shape index (κ2) is 2.95.